The molecule has 24 heavy (non-hydrogen) atoms. The first-order chi connectivity index (χ1) is 11.5. The first kappa shape index (κ1) is 15.1. The summed E-state index contributed by atoms with van der Waals surface area (Å²) in [6.07, 6.45) is 4.54. The molecule has 6 heteroatoms. The molecule has 1 aromatic rings. The van der Waals surface area contributed by atoms with Crippen molar-refractivity contribution in [3.8, 4) is 0 Å². The first-order valence-electron chi connectivity index (χ1n) is 8.28. The number of fused-ring (bicyclic) bond motifs is 1. The van der Waals surface area contributed by atoms with Crippen LogP contribution in [0.5, 0.6) is 0 Å². The average molecular weight is 325 g/mol. The molecule has 1 aromatic carbocycles. The number of amides is 3. The summed E-state index contributed by atoms with van der Waals surface area (Å²) in [6, 6.07) is 5.20. The van der Waals surface area contributed by atoms with E-state index in [4.69, 9.17) is 5.73 Å². The summed E-state index contributed by atoms with van der Waals surface area (Å²) in [5.41, 5.74) is 9.83. The van der Waals surface area contributed by atoms with Crippen LogP contribution in [0.3, 0.4) is 0 Å². The molecule has 0 aromatic heterocycles. The Morgan fingerprint density at radius 3 is 2.58 bits per heavy atom. The lowest BCUT2D eigenvalue weighted by Gasteiger charge is -2.29. The lowest BCUT2D eigenvalue weighted by molar-refractivity contribution is -0.136. The molecule has 2 atom stereocenters. The maximum atomic E-state index is 12.8. The number of carbonyl (C=O) groups is 3. The number of carbonyl (C=O) groups excluding carboxylic acids is 3. The van der Waals surface area contributed by atoms with Crippen molar-refractivity contribution < 1.29 is 14.4 Å². The third-order valence-corrected chi connectivity index (χ3v) is 5.09. The second kappa shape index (κ2) is 5.56. The second-order valence-electron chi connectivity index (χ2n) is 6.63. The highest BCUT2D eigenvalue weighted by Gasteiger charge is 2.40. The van der Waals surface area contributed by atoms with E-state index in [2.05, 4.69) is 11.4 Å². The number of hydrogen-bond donors (Lipinski definition) is 2. The van der Waals surface area contributed by atoms with E-state index in [1.165, 1.54) is 5.57 Å². The van der Waals surface area contributed by atoms with E-state index in [0.717, 1.165) is 24.0 Å². The minimum Gasteiger partial charge on any atom is -0.324 e. The van der Waals surface area contributed by atoms with Crippen molar-refractivity contribution in [1.29, 1.82) is 0 Å². The smallest absolute Gasteiger partial charge is 0.255 e. The van der Waals surface area contributed by atoms with Crippen molar-refractivity contribution in [3.05, 3.63) is 41.0 Å². The quantitative estimate of drug-likeness (QED) is 0.792. The molecule has 6 nitrogen and oxygen atoms in total. The molecule has 0 spiro atoms. The summed E-state index contributed by atoms with van der Waals surface area (Å²) < 4.78 is 0. The van der Waals surface area contributed by atoms with Gasteiger partial charge in [0.05, 0.1) is 0 Å². The van der Waals surface area contributed by atoms with Crippen molar-refractivity contribution in [3.63, 3.8) is 0 Å². The van der Waals surface area contributed by atoms with Crippen LogP contribution < -0.4 is 11.1 Å². The summed E-state index contributed by atoms with van der Waals surface area (Å²) in [5.74, 6) is -0.786. The van der Waals surface area contributed by atoms with Gasteiger partial charge >= 0.3 is 0 Å². The molecule has 2 unspecified atom stereocenters. The van der Waals surface area contributed by atoms with Crippen molar-refractivity contribution in [2.24, 2.45) is 5.73 Å². The maximum Gasteiger partial charge on any atom is 0.255 e. The molecule has 4 rings (SSSR count). The van der Waals surface area contributed by atoms with E-state index in [9.17, 15) is 14.4 Å². The number of benzene rings is 1. The number of nitrogens with two attached hydrogens (primary N) is 1. The van der Waals surface area contributed by atoms with Crippen LogP contribution in [-0.4, -0.2) is 34.7 Å². The molecule has 1 aliphatic carbocycles. The molecule has 2 heterocycles. The number of hydrogen-bond acceptors (Lipinski definition) is 4. The van der Waals surface area contributed by atoms with Gasteiger partial charge in [-0.05, 0) is 42.0 Å². The maximum absolute atomic E-state index is 12.8. The van der Waals surface area contributed by atoms with Gasteiger partial charge in [0.15, 0.2) is 0 Å². The Morgan fingerprint density at radius 2 is 1.88 bits per heavy atom. The Bertz CT molecular complexity index is 784. The molecular formula is C18H19N3O3. The van der Waals surface area contributed by atoms with E-state index in [1.54, 1.807) is 4.90 Å². The van der Waals surface area contributed by atoms with Crippen molar-refractivity contribution >= 4 is 23.3 Å². The third-order valence-electron chi connectivity index (χ3n) is 5.09. The number of nitrogens with zero attached hydrogens (tertiary/aromatic N) is 1. The van der Waals surface area contributed by atoms with E-state index in [1.807, 2.05) is 18.2 Å². The fraction of sp³-hybridized carbons (Fsp3) is 0.389. The highest BCUT2D eigenvalue weighted by molar-refractivity contribution is 6.06. The Hall–Kier alpha value is -2.47. The molecule has 0 bridgehead atoms. The molecule has 0 saturated carbocycles. The molecule has 1 fully saturated rings. The first-order valence-corrected chi connectivity index (χ1v) is 8.28. The zero-order valence-electron chi connectivity index (χ0n) is 13.2. The van der Waals surface area contributed by atoms with Gasteiger partial charge in [0.25, 0.3) is 5.91 Å². The van der Waals surface area contributed by atoms with E-state index in [0.29, 0.717) is 18.5 Å². The van der Waals surface area contributed by atoms with Crippen molar-refractivity contribution in [2.45, 2.75) is 44.3 Å². The van der Waals surface area contributed by atoms with E-state index in [-0.39, 0.29) is 30.2 Å². The van der Waals surface area contributed by atoms with E-state index >= 15 is 0 Å². The Labute approximate surface area is 139 Å². The van der Waals surface area contributed by atoms with Gasteiger partial charge in [0, 0.05) is 24.6 Å². The monoisotopic (exact) mass is 325 g/mol. The fourth-order valence-corrected chi connectivity index (χ4v) is 3.86. The molecule has 1 saturated heterocycles. The summed E-state index contributed by atoms with van der Waals surface area (Å²) in [6.45, 7) is 0.406. The highest BCUT2D eigenvalue weighted by Crippen LogP contribution is 2.36. The molecule has 124 valence electrons. The number of rotatable bonds is 2. The molecule has 3 amide bonds. The van der Waals surface area contributed by atoms with Crippen LogP contribution in [0.25, 0.3) is 5.57 Å². The predicted octanol–water partition coefficient (Wildman–Crippen LogP) is 0.952. The summed E-state index contributed by atoms with van der Waals surface area (Å²) in [5, 5.41) is 2.33. The van der Waals surface area contributed by atoms with Gasteiger partial charge in [-0.15, -0.1) is 0 Å². The average Bonchev–Trinajstić information content (AvgIpc) is 3.12. The van der Waals surface area contributed by atoms with Crippen LogP contribution in [0.2, 0.25) is 0 Å². The second-order valence-corrected chi connectivity index (χ2v) is 6.63. The lowest BCUT2D eigenvalue weighted by atomic mass is 9.96. The van der Waals surface area contributed by atoms with Gasteiger partial charge in [-0.3, -0.25) is 19.7 Å². The normalized spacial score (nSPS) is 26.5. The van der Waals surface area contributed by atoms with Crippen LogP contribution in [0.15, 0.2) is 24.3 Å². The fourth-order valence-electron chi connectivity index (χ4n) is 3.86. The molecule has 2 aliphatic heterocycles. The van der Waals surface area contributed by atoms with Gasteiger partial charge in [0.1, 0.15) is 6.04 Å². The van der Waals surface area contributed by atoms with Gasteiger partial charge in [-0.1, -0.05) is 18.2 Å². The number of imide groups is 1. The minimum absolute atomic E-state index is 0.0687. The number of piperidine rings is 1. The van der Waals surface area contributed by atoms with Crippen LogP contribution in [0.4, 0.5) is 0 Å². The largest absolute Gasteiger partial charge is 0.324 e. The summed E-state index contributed by atoms with van der Waals surface area (Å²) >= 11 is 0. The Morgan fingerprint density at radius 1 is 1.08 bits per heavy atom. The third kappa shape index (κ3) is 2.34. The van der Waals surface area contributed by atoms with Crippen LogP contribution in [0, 0.1) is 0 Å². The topological polar surface area (TPSA) is 92.5 Å². The van der Waals surface area contributed by atoms with Gasteiger partial charge < -0.3 is 10.6 Å². The standard InChI is InChI=1S/C18H19N3O3/c19-11-5-4-10(8-11)12-2-1-3-13-14(12)9-21(18(13)24)15-6-7-16(22)20-17(15)23/h1-3,8,11,15H,4-7,9,19H2,(H,20,22,23). The summed E-state index contributed by atoms with van der Waals surface area (Å²) in [4.78, 5) is 37.8. The zero-order valence-corrected chi connectivity index (χ0v) is 13.2. The predicted molar refractivity (Wildman–Crippen MR) is 87.7 cm³/mol. The Kier molecular flexibility index (Phi) is 3.49. The van der Waals surface area contributed by atoms with E-state index < -0.39 is 6.04 Å². The molecular weight excluding hydrogens is 306 g/mol. The van der Waals surface area contributed by atoms with Crippen LogP contribution in [-0.2, 0) is 16.1 Å². The number of nitrogens with one attached hydrogen (secondary N) is 1. The lowest BCUT2D eigenvalue weighted by Crippen LogP contribution is -2.52. The van der Waals surface area contributed by atoms with Gasteiger partial charge in [0.2, 0.25) is 11.8 Å². The molecule has 3 aliphatic rings. The van der Waals surface area contributed by atoms with Gasteiger partial charge in [-0.25, -0.2) is 0 Å². The zero-order chi connectivity index (χ0) is 16.8. The molecule has 0 radical (unpaired) electrons. The minimum atomic E-state index is -0.574. The highest BCUT2D eigenvalue weighted by atomic mass is 16.2. The number of allylic oxidation sites excluding steroid dienone is 1. The Balaban J connectivity index is 1.66. The van der Waals surface area contributed by atoms with Crippen molar-refractivity contribution in [1.82, 2.24) is 10.2 Å². The van der Waals surface area contributed by atoms with Gasteiger partial charge in [-0.2, -0.15) is 0 Å². The molecule has 3 N–H and O–H groups in total. The van der Waals surface area contributed by atoms with Crippen molar-refractivity contribution in [2.75, 3.05) is 0 Å². The SMILES string of the molecule is NC1C=C(c2cccc3c2CN(C2CCC(=O)NC2=O)C3=O)CC1. The van der Waals surface area contributed by atoms with Crippen LogP contribution >= 0.6 is 0 Å². The summed E-state index contributed by atoms with van der Waals surface area (Å²) in [7, 11) is 0. The van der Waals surface area contributed by atoms with Crippen LogP contribution in [0.1, 0.15) is 47.2 Å².